The highest BCUT2D eigenvalue weighted by Gasteiger charge is 2.28. The molecule has 2 heterocycles. The molecule has 0 amide bonds. The molecule has 2 aliphatic rings. The fraction of sp³-hybridized carbons (Fsp3) is 0.318. The maximum atomic E-state index is 11.7. The summed E-state index contributed by atoms with van der Waals surface area (Å²) in [6.45, 7) is 0.819. The van der Waals surface area contributed by atoms with E-state index in [1.807, 2.05) is 12.1 Å². The van der Waals surface area contributed by atoms with Gasteiger partial charge >= 0.3 is 0 Å². The number of piperidine rings is 1. The van der Waals surface area contributed by atoms with Gasteiger partial charge in [-0.1, -0.05) is 12.1 Å². The summed E-state index contributed by atoms with van der Waals surface area (Å²) in [6.07, 6.45) is 5.38. The van der Waals surface area contributed by atoms with Gasteiger partial charge in [-0.3, -0.25) is 15.4 Å². The second-order valence-electron chi connectivity index (χ2n) is 8.10. The number of benzene rings is 2. The van der Waals surface area contributed by atoms with Gasteiger partial charge in [-0.25, -0.2) is 16.8 Å². The van der Waals surface area contributed by atoms with Gasteiger partial charge in [0.25, 0.3) is 0 Å². The number of nitrogens with zero attached hydrogens (tertiary/aromatic N) is 3. The van der Waals surface area contributed by atoms with Crippen molar-refractivity contribution in [3.63, 3.8) is 0 Å². The minimum atomic E-state index is -3.24. The fourth-order valence-electron chi connectivity index (χ4n) is 3.68. The predicted octanol–water partition coefficient (Wildman–Crippen LogP) is 3.52. The van der Waals surface area contributed by atoms with Gasteiger partial charge in [0.2, 0.25) is 0 Å². The Balaban J connectivity index is 1.55. The number of anilines is 1. The van der Waals surface area contributed by atoms with Gasteiger partial charge in [0.05, 0.1) is 21.2 Å². The summed E-state index contributed by atoms with van der Waals surface area (Å²) in [4.78, 5) is 0.572. The molecule has 0 saturated carbocycles. The van der Waals surface area contributed by atoms with Crippen LogP contribution in [0.4, 0.5) is 5.69 Å². The Morgan fingerprint density at radius 3 is 2.03 bits per heavy atom. The van der Waals surface area contributed by atoms with Crippen LogP contribution in [0.2, 0.25) is 0 Å². The summed E-state index contributed by atoms with van der Waals surface area (Å²) in [5.74, 6) is 0. The van der Waals surface area contributed by atoms with Gasteiger partial charge in [0, 0.05) is 31.7 Å². The monoisotopic (exact) mass is 506 g/mol. The molecular formula is C22H26N4O4S3. The van der Waals surface area contributed by atoms with E-state index in [4.69, 9.17) is 0 Å². The van der Waals surface area contributed by atoms with E-state index in [0.29, 0.717) is 0 Å². The lowest BCUT2D eigenvalue weighted by atomic mass is 10.1. The lowest BCUT2D eigenvalue weighted by Gasteiger charge is -2.34. The third-order valence-electron chi connectivity index (χ3n) is 5.42. The van der Waals surface area contributed by atoms with E-state index in [1.54, 1.807) is 60.3 Å². The number of hydrogen-bond donors (Lipinski definition) is 1. The van der Waals surface area contributed by atoms with Crippen molar-refractivity contribution < 1.29 is 16.8 Å². The average molecular weight is 507 g/mol. The van der Waals surface area contributed by atoms with E-state index in [-0.39, 0.29) is 9.79 Å². The maximum absolute atomic E-state index is 11.7. The molecule has 2 aromatic rings. The van der Waals surface area contributed by atoms with Crippen molar-refractivity contribution in [3.8, 4) is 0 Å². The molecule has 33 heavy (non-hydrogen) atoms. The molecule has 4 rings (SSSR count). The molecule has 0 spiro atoms. The number of hydrazone groups is 1. The SMILES string of the molecule is CN1N=C(c2ccc(S(C)(=O)=O)cc2)S/C1=C1\CCCCN1Nc1ccc(S(C)(=O)=O)cc1. The van der Waals surface area contributed by atoms with E-state index >= 15 is 0 Å². The summed E-state index contributed by atoms with van der Waals surface area (Å²) < 4.78 is 46.9. The Hall–Kier alpha value is -2.50. The molecule has 1 saturated heterocycles. The Morgan fingerprint density at radius 1 is 0.879 bits per heavy atom. The molecule has 8 nitrogen and oxygen atoms in total. The molecule has 1 N–H and O–H groups in total. The zero-order valence-electron chi connectivity index (χ0n) is 18.6. The van der Waals surface area contributed by atoms with Crippen LogP contribution in [0, 0.1) is 0 Å². The number of hydrazine groups is 1. The molecule has 0 unspecified atom stereocenters. The number of allylic oxidation sites excluding steroid dienone is 1. The van der Waals surface area contributed by atoms with Crippen LogP contribution < -0.4 is 5.43 Å². The van der Waals surface area contributed by atoms with Gasteiger partial charge in [-0.15, -0.1) is 0 Å². The number of hydrogen-bond acceptors (Lipinski definition) is 9. The summed E-state index contributed by atoms with van der Waals surface area (Å²) >= 11 is 1.56. The lowest BCUT2D eigenvalue weighted by Crippen LogP contribution is -2.35. The molecule has 2 aromatic carbocycles. The molecular weight excluding hydrogens is 480 g/mol. The molecule has 176 valence electrons. The van der Waals surface area contributed by atoms with Crippen LogP contribution in [0.25, 0.3) is 0 Å². The fourth-order valence-corrected chi connectivity index (χ4v) is 6.04. The molecule has 2 aliphatic heterocycles. The van der Waals surface area contributed by atoms with Crippen molar-refractivity contribution in [2.75, 3.05) is 31.5 Å². The molecule has 0 aliphatic carbocycles. The third kappa shape index (κ3) is 5.36. The van der Waals surface area contributed by atoms with Crippen molar-refractivity contribution in [3.05, 3.63) is 64.8 Å². The van der Waals surface area contributed by atoms with Gasteiger partial charge in [-0.2, -0.15) is 5.10 Å². The van der Waals surface area contributed by atoms with E-state index in [0.717, 1.165) is 52.8 Å². The van der Waals surface area contributed by atoms with Crippen molar-refractivity contribution in [2.45, 2.75) is 29.1 Å². The normalized spacial score (nSPS) is 19.5. The van der Waals surface area contributed by atoms with E-state index in [9.17, 15) is 16.8 Å². The molecule has 0 atom stereocenters. The molecule has 0 bridgehead atoms. The Morgan fingerprint density at radius 2 is 1.45 bits per heavy atom. The summed E-state index contributed by atoms with van der Waals surface area (Å²) in [5.41, 5.74) is 6.20. The first kappa shape index (κ1) is 23.7. The van der Waals surface area contributed by atoms with Crippen LogP contribution >= 0.6 is 11.8 Å². The Bertz CT molecular complexity index is 1320. The van der Waals surface area contributed by atoms with Crippen LogP contribution in [0.5, 0.6) is 0 Å². The Kier molecular flexibility index (Phi) is 6.47. The zero-order valence-corrected chi connectivity index (χ0v) is 21.1. The molecule has 11 heteroatoms. The standard InChI is InChI=1S/C22H26N4O4S3/c1-25-22(31-21(24-25)16-7-11-18(12-8-16)32(2,27)28)20-6-4-5-15-26(20)23-17-9-13-19(14-10-17)33(3,29)30/h7-14,23H,4-6,15H2,1-3H3/b22-20+. The third-order valence-corrected chi connectivity index (χ3v) is 8.88. The second kappa shape index (κ2) is 9.03. The van der Waals surface area contributed by atoms with Crippen molar-refractivity contribution in [1.29, 1.82) is 0 Å². The number of nitrogens with one attached hydrogen (secondary N) is 1. The molecule has 0 radical (unpaired) electrons. The lowest BCUT2D eigenvalue weighted by molar-refractivity contribution is 0.323. The predicted molar refractivity (Wildman–Crippen MR) is 132 cm³/mol. The highest BCUT2D eigenvalue weighted by Crippen LogP contribution is 2.38. The first-order valence-electron chi connectivity index (χ1n) is 10.4. The average Bonchev–Trinajstić information content (AvgIpc) is 3.15. The minimum absolute atomic E-state index is 0.284. The van der Waals surface area contributed by atoms with Gasteiger partial charge in [0.1, 0.15) is 10.1 Å². The van der Waals surface area contributed by atoms with Crippen LogP contribution in [0.15, 0.2) is 74.1 Å². The van der Waals surface area contributed by atoms with Gasteiger partial charge in [-0.05, 0) is 67.4 Å². The summed E-state index contributed by atoms with van der Waals surface area (Å²) in [6, 6.07) is 13.5. The van der Waals surface area contributed by atoms with Crippen LogP contribution in [0.1, 0.15) is 24.8 Å². The maximum Gasteiger partial charge on any atom is 0.175 e. The number of thioether (sulfide) groups is 1. The highest BCUT2D eigenvalue weighted by molar-refractivity contribution is 8.17. The van der Waals surface area contributed by atoms with E-state index in [1.165, 1.54) is 12.5 Å². The zero-order chi connectivity index (χ0) is 23.8. The van der Waals surface area contributed by atoms with Crippen molar-refractivity contribution >= 4 is 42.2 Å². The second-order valence-corrected chi connectivity index (χ2v) is 13.1. The van der Waals surface area contributed by atoms with Crippen molar-refractivity contribution in [1.82, 2.24) is 10.0 Å². The van der Waals surface area contributed by atoms with E-state index < -0.39 is 19.7 Å². The summed E-state index contributed by atoms with van der Waals surface area (Å²) in [7, 11) is -4.58. The number of rotatable bonds is 5. The van der Waals surface area contributed by atoms with Crippen molar-refractivity contribution in [2.24, 2.45) is 5.10 Å². The minimum Gasteiger partial charge on any atom is -0.299 e. The van der Waals surface area contributed by atoms with Gasteiger partial charge in [0.15, 0.2) is 19.7 Å². The van der Waals surface area contributed by atoms with Crippen LogP contribution in [-0.2, 0) is 19.7 Å². The Labute approximate surface area is 199 Å². The quantitative estimate of drug-likeness (QED) is 0.658. The number of sulfone groups is 2. The molecule has 0 aromatic heterocycles. The summed E-state index contributed by atoms with van der Waals surface area (Å²) in [5, 5.41) is 10.4. The first-order valence-corrected chi connectivity index (χ1v) is 15.0. The van der Waals surface area contributed by atoms with Crippen LogP contribution in [0.3, 0.4) is 0 Å². The molecule has 1 fully saturated rings. The van der Waals surface area contributed by atoms with Gasteiger partial charge < -0.3 is 0 Å². The highest BCUT2D eigenvalue weighted by atomic mass is 32.2. The smallest absolute Gasteiger partial charge is 0.175 e. The van der Waals surface area contributed by atoms with Crippen LogP contribution in [-0.4, -0.2) is 58.0 Å². The van der Waals surface area contributed by atoms with E-state index in [2.05, 4.69) is 15.5 Å². The topological polar surface area (TPSA) is 99.2 Å². The largest absolute Gasteiger partial charge is 0.299 e. The first-order chi connectivity index (χ1) is 15.5.